The molecule has 0 spiro atoms. The molecule has 5 nitrogen and oxygen atoms in total. The first-order chi connectivity index (χ1) is 15.2. The van der Waals surface area contributed by atoms with Gasteiger partial charge in [0.15, 0.2) is 0 Å². The molecule has 0 bridgehead atoms. The summed E-state index contributed by atoms with van der Waals surface area (Å²) >= 11 is 0. The number of aromatic carboxylic acids is 1. The van der Waals surface area contributed by atoms with Crippen LogP contribution in [0, 0.1) is 0 Å². The fourth-order valence-electron chi connectivity index (χ4n) is 4.59. The zero-order valence-corrected chi connectivity index (χ0v) is 17.2. The molecule has 4 aliphatic rings. The number of anilines is 1. The van der Waals surface area contributed by atoms with E-state index in [0.29, 0.717) is 11.1 Å². The van der Waals surface area contributed by atoms with Crippen molar-refractivity contribution in [2.24, 2.45) is 0 Å². The zero-order chi connectivity index (χ0) is 20.9. The van der Waals surface area contributed by atoms with Crippen molar-refractivity contribution in [3.05, 3.63) is 71.6 Å². The lowest BCUT2D eigenvalue weighted by molar-refractivity contribution is 0.0697. The molecule has 1 aliphatic carbocycles. The summed E-state index contributed by atoms with van der Waals surface area (Å²) in [5.74, 6) is -0.139. The van der Waals surface area contributed by atoms with Crippen LogP contribution < -0.4 is 14.8 Å². The maximum atomic E-state index is 12.0. The second-order valence-electron chi connectivity index (χ2n) is 8.37. The second kappa shape index (κ2) is 6.98. The van der Waals surface area contributed by atoms with Gasteiger partial charge < -0.3 is 14.4 Å². The van der Waals surface area contributed by atoms with Crippen molar-refractivity contribution in [2.45, 2.75) is 12.8 Å². The molecule has 31 heavy (non-hydrogen) atoms. The van der Waals surface area contributed by atoms with Gasteiger partial charge >= 0.3 is 5.97 Å². The number of carbonyl (C=O) groups is 1. The molecule has 0 radical (unpaired) electrons. The first kappa shape index (κ1) is 18.2. The van der Waals surface area contributed by atoms with Crippen LogP contribution in [-0.4, -0.2) is 37.3 Å². The second-order valence-corrected chi connectivity index (χ2v) is 8.37. The average Bonchev–Trinajstić information content (AvgIpc) is 2.69. The van der Waals surface area contributed by atoms with Gasteiger partial charge in [-0.2, -0.15) is 0 Å². The van der Waals surface area contributed by atoms with E-state index in [1.54, 1.807) is 12.1 Å². The van der Waals surface area contributed by atoms with Gasteiger partial charge in [0.05, 0.1) is 18.1 Å². The Kier molecular flexibility index (Phi) is 4.10. The maximum absolute atomic E-state index is 12.0. The van der Waals surface area contributed by atoms with Crippen LogP contribution in [0.4, 0.5) is 5.69 Å². The predicted molar refractivity (Wildman–Crippen MR) is 122 cm³/mol. The maximum Gasteiger partial charge on any atom is 0.336 e. The fourth-order valence-corrected chi connectivity index (χ4v) is 4.59. The van der Waals surface area contributed by atoms with Crippen LogP contribution in [0.5, 0.6) is 0 Å². The molecular formula is C26H23N2O3+. The topological polar surface area (TPSA) is 56.7 Å². The number of nitrogens with zero attached hydrogens (tertiary/aromatic N) is 2. The third kappa shape index (κ3) is 2.92. The number of hydrogen-bond donors (Lipinski definition) is 1. The number of benzene rings is 3. The van der Waals surface area contributed by atoms with Gasteiger partial charge in [0.25, 0.3) is 0 Å². The predicted octanol–water partition coefficient (Wildman–Crippen LogP) is 4.29. The van der Waals surface area contributed by atoms with Crippen molar-refractivity contribution < 1.29 is 14.3 Å². The molecule has 2 aromatic rings. The highest BCUT2D eigenvalue weighted by Crippen LogP contribution is 2.42. The first-order valence-electron chi connectivity index (χ1n) is 10.9. The van der Waals surface area contributed by atoms with Gasteiger partial charge in [-0.15, -0.1) is 0 Å². The summed E-state index contributed by atoms with van der Waals surface area (Å²) in [4.78, 5) is 14.3. The summed E-state index contributed by atoms with van der Waals surface area (Å²) in [5, 5.41) is 11.9. The molecule has 0 saturated carbocycles. The zero-order valence-electron chi connectivity index (χ0n) is 17.2. The molecule has 0 unspecified atom stereocenters. The highest BCUT2D eigenvalue weighted by atomic mass is 16.4. The molecule has 3 aliphatic heterocycles. The highest BCUT2D eigenvalue weighted by molar-refractivity contribution is 6.07. The summed E-state index contributed by atoms with van der Waals surface area (Å²) < 4.78 is 8.76. The van der Waals surface area contributed by atoms with E-state index < -0.39 is 5.97 Å². The van der Waals surface area contributed by atoms with Gasteiger partial charge in [0.1, 0.15) is 24.4 Å². The molecule has 0 aromatic heterocycles. The monoisotopic (exact) mass is 411 g/mol. The largest absolute Gasteiger partial charge is 0.478 e. The molecule has 2 aromatic carbocycles. The van der Waals surface area contributed by atoms with Crippen molar-refractivity contribution >= 4 is 22.6 Å². The minimum Gasteiger partial charge on any atom is -0.478 e. The Morgan fingerprint density at radius 3 is 2.48 bits per heavy atom. The third-order valence-electron chi connectivity index (χ3n) is 6.56. The number of carboxylic acids is 1. The summed E-state index contributed by atoms with van der Waals surface area (Å²) in [6.45, 7) is 4.25. The molecule has 6 rings (SSSR count). The van der Waals surface area contributed by atoms with Crippen molar-refractivity contribution in [3.8, 4) is 22.5 Å². The van der Waals surface area contributed by atoms with E-state index in [2.05, 4.69) is 45.9 Å². The summed E-state index contributed by atoms with van der Waals surface area (Å²) in [6.07, 6.45) is 2.42. The Bertz CT molecular complexity index is 1380. The number of hydrogen-bond acceptors (Lipinski definition) is 3. The van der Waals surface area contributed by atoms with Gasteiger partial charge in [-0.1, -0.05) is 18.2 Å². The Balaban J connectivity index is 1.69. The van der Waals surface area contributed by atoms with Crippen molar-refractivity contribution in [3.63, 3.8) is 0 Å². The van der Waals surface area contributed by atoms with E-state index in [1.165, 1.54) is 12.8 Å². The summed E-state index contributed by atoms with van der Waals surface area (Å²) in [5.41, 5.74) is 4.80. The molecule has 154 valence electrons. The van der Waals surface area contributed by atoms with Gasteiger partial charge in [-0.3, -0.25) is 0 Å². The van der Waals surface area contributed by atoms with Crippen LogP contribution in [0.1, 0.15) is 23.2 Å². The van der Waals surface area contributed by atoms with Crippen LogP contribution in [0.25, 0.3) is 33.4 Å². The minimum atomic E-state index is -0.924. The molecule has 0 amide bonds. The van der Waals surface area contributed by atoms with Crippen LogP contribution in [-0.2, 0) is 0 Å². The molecule has 3 heterocycles. The third-order valence-corrected chi connectivity index (χ3v) is 6.56. The van der Waals surface area contributed by atoms with E-state index in [4.69, 9.17) is 4.42 Å². The van der Waals surface area contributed by atoms with E-state index in [9.17, 15) is 9.90 Å². The molecule has 2 fully saturated rings. The summed E-state index contributed by atoms with van der Waals surface area (Å²) in [6, 6.07) is 19.8. The van der Waals surface area contributed by atoms with Crippen molar-refractivity contribution in [1.29, 1.82) is 0 Å². The van der Waals surface area contributed by atoms with E-state index in [1.807, 2.05) is 12.1 Å². The number of rotatable bonds is 3. The molecular weight excluding hydrogens is 388 g/mol. The number of carboxylic acid groups (broad SMARTS) is 1. The quantitative estimate of drug-likeness (QED) is 0.404. The smallest absolute Gasteiger partial charge is 0.336 e. The molecule has 0 atom stereocenters. The summed E-state index contributed by atoms with van der Waals surface area (Å²) in [7, 11) is 0. The molecule has 1 N–H and O–H groups in total. The normalized spacial score (nSPS) is 15.7. The van der Waals surface area contributed by atoms with Gasteiger partial charge in [-0.05, 0) is 36.2 Å². The first-order valence-corrected chi connectivity index (χ1v) is 10.9. The van der Waals surface area contributed by atoms with E-state index >= 15 is 0 Å². The van der Waals surface area contributed by atoms with Crippen molar-refractivity contribution in [1.82, 2.24) is 4.58 Å². The Morgan fingerprint density at radius 2 is 1.77 bits per heavy atom. The standard InChI is InChI=1S/C26H22N2O3/c29-26(30)20-6-2-1-5-19(20)25-21-9-7-17(27-11-3-12-27)15-23(21)31-24-16-18(8-10-22(24)25)28-13-4-14-28/h1-2,5-10,15-16H,3-4,11-14H2/p+1. The fraction of sp³-hybridized carbons (Fsp3) is 0.231. The lowest BCUT2D eigenvalue weighted by Crippen LogP contribution is -2.40. The van der Waals surface area contributed by atoms with Crippen LogP contribution in [0.15, 0.2) is 65.1 Å². The highest BCUT2D eigenvalue weighted by Gasteiger charge is 2.24. The van der Waals surface area contributed by atoms with Crippen LogP contribution in [0.3, 0.4) is 0 Å². The molecule has 2 saturated heterocycles. The Labute approximate surface area is 179 Å². The van der Waals surface area contributed by atoms with Gasteiger partial charge in [0.2, 0.25) is 5.36 Å². The van der Waals surface area contributed by atoms with E-state index in [0.717, 1.165) is 65.1 Å². The minimum absolute atomic E-state index is 0.301. The van der Waals surface area contributed by atoms with Crippen LogP contribution >= 0.6 is 0 Å². The SMILES string of the molecule is O=C(O)c1ccccc1-c1c2ccc(=[N+]3CCC3)cc-2oc2cc(N3CCC3)ccc12. The van der Waals surface area contributed by atoms with Crippen LogP contribution in [0.2, 0.25) is 0 Å². The lowest BCUT2D eigenvalue weighted by atomic mass is 9.90. The van der Waals surface area contributed by atoms with E-state index in [-0.39, 0.29) is 0 Å². The molecule has 5 heteroatoms. The lowest BCUT2D eigenvalue weighted by Gasteiger charge is -2.33. The number of fused-ring (bicyclic) bond motifs is 2. The average molecular weight is 411 g/mol. The van der Waals surface area contributed by atoms with Crippen molar-refractivity contribution in [2.75, 3.05) is 31.1 Å². The van der Waals surface area contributed by atoms with Gasteiger partial charge in [-0.25, -0.2) is 9.37 Å². The van der Waals surface area contributed by atoms with Gasteiger partial charge in [0, 0.05) is 47.4 Å². The Morgan fingerprint density at radius 1 is 0.935 bits per heavy atom. The Hall–Kier alpha value is -3.60.